The Kier molecular flexibility index (Phi) is 4.42. The van der Waals surface area contributed by atoms with Crippen molar-refractivity contribution in [3.8, 4) is 0 Å². The number of nitrogens with zero attached hydrogens (tertiary/aromatic N) is 2. The summed E-state index contributed by atoms with van der Waals surface area (Å²) in [5.74, 6) is 0. The van der Waals surface area contributed by atoms with Gasteiger partial charge in [0.15, 0.2) is 0 Å². The molecule has 0 aromatic rings. The standard InChI is InChI=1S/C12H25N3/c1-2-14-8-10-15(11-9-14)7-3-6-13-12-4-5-12/h12-13H,2-11H2,1H3. The van der Waals surface area contributed by atoms with Crippen molar-refractivity contribution < 1.29 is 0 Å². The molecule has 0 bridgehead atoms. The van der Waals surface area contributed by atoms with E-state index in [4.69, 9.17) is 0 Å². The van der Waals surface area contributed by atoms with Crippen LogP contribution in [0.5, 0.6) is 0 Å². The van der Waals surface area contributed by atoms with Gasteiger partial charge in [-0.1, -0.05) is 6.92 Å². The summed E-state index contributed by atoms with van der Waals surface area (Å²) in [7, 11) is 0. The van der Waals surface area contributed by atoms with Crippen LogP contribution in [0.3, 0.4) is 0 Å². The second-order valence-electron chi connectivity index (χ2n) is 4.86. The van der Waals surface area contributed by atoms with Gasteiger partial charge in [0.25, 0.3) is 0 Å². The summed E-state index contributed by atoms with van der Waals surface area (Å²) in [4.78, 5) is 5.15. The highest BCUT2D eigenvalue weighted by atomic mass is 15.3. The molecule has 1 saturated carbocycles. The largest absolute Gasteiger partial charge is 0.314 e. The van der Waals surface area contributed by atoms with E-state index < -0.39 is 0 Å². The van der Waals surface area contributed by atoms with E-state index in [0.717, 1.165) is 6.04 Å². The molecule has 0 aromatic heterocycles. The molecule has 0 atom stereocenters. The Morgan fingerprint density at radius 2 is 1.73 bits per heavy atom. The fourth-order valence-corrected chi connectivity index (χ4v) is 2.23. The summed E-state index contributed by atoms with van der Waals surface area (Å²) < 4.78 is 0. The van der Waals surface area contributed by atoms with Crippen LogP contribution in [0.1, 0.15) is 26.2 Å². The smallest absolute Gasteiger partial charge is 0.0110 e. The van der Waals surface area contributed by atoms with Gasteiger partial charge in [0, 0.05) is 32.2 Å². The number of hydrogen-bond donors (Lipinski definition) is 1. The first-order valence-corrected chi connectivity index (χ1v) is 6.56. The maximum absolute atomic E-state index is 3.58. The molecule has 1 aliphatic heterocycles. The Morgan fingerprint density at radius 1 is 1.07 bits per heavy atom. The van der Waals surface area contributed by atoms with Gasteiger partial charge in [0.05, 0.1) is 0 Å². The summed E-state index contributed by atoms with van der Waals surface area (Å²) in [5.41, 5.74) is 0. The lowest BCUT2D eigenvalue weighted by Crippen LogP contribution is -2.46. The SMILES string of the molecule is CCN1CCN(CCCNC2CC2)CC1. The highest BCUT2D eigenvalue weighted by Gasteiger charge is 2.20. The average molecular weight is 211 g/mol. The highest BCUT2D eigenvalue weighted by molar-refractivity contribution is 4.80. The van der Waals surface area contributed by atoms with Crippen molar-refractivity contribution in [3.05, 3.63) is 0 Å². The summed E-state index contributed by atoms with van der Waals surface area (Å²) in [5, 5.41) is 3.58. The molecule has 0 radical (unpaired) electrons. The topological polar surface area (TPSA) is 18.5 Å². The lowest BCUT2D eigenvalue weighted by Gasteiger charge is -2.33. The Labute approximate surface area is 93.8 Å². The molecule has 1 aliphatic carbocycles. The van der Waals surface area contributed by atoms with E-state index in [-0.39, 0.29) is 0 Å². The van der Waals surface area contributed by atoms with Gasteiger partial charge in [0.1, 0.15) is 0 Å². The van der Waals surface area contributed by atoms with Crippen LogP contribution in [0.4, 0.5) is 0 Å². The molecule has 1 saturated heterocycles. The number of nitrogens with one attached hydrogen (secondary N) is 1. The second kappa shape index (κ2) is 5.83. The van der Waals surface area contributed by atoms with E-state index in [0.29, 0.717) is 0 Å². The van der Waals surface area contributed by atoms with Crippen LogP contribution in [0.2, 0.25) is 0 Å². The number of piperazine rings is 1. The molecule has 0 spiro atoms. The van der Waals surface area contributed by atoms with E-state index in [1.165, 1.54) is 65.1 Å². The van der Waals surface area contributed by atoms with Gasteiger partial charge in [0.2, 0.25) is 0 Å². The fourth-order valence-electron chi connectivity index (χ4n) is 2.23. The second-order valence-corrected chi connectivity index (χ2v) is 4.86. The molecule has 3 heteroatoms. The molecule has 1 heterocycles. The van der Waals surface area contributed by atoms with Gasteiger partial charge >= 0.3 is 0 Å². The zero-order valence-corrected chi connectivity index (χ0v) is 10.0. The van der Waals surface area contributed by atoms with Crippen LogP contribution in [-0.4, -0.2) is 61.7 Å². The summed E-state index contributed by atoms with van der Waals surface area (Å²) in [6.45, 7) is 11.1. The minimum atomic E-state index is 0.877. The Hall–Kier alpha value is -0.120. The summed E-state index contributed by atoms with van der Waals surface area (Å²) in [6.07, 6.45) is 4.15. The zero-order valence-electron chi connectivity index (χ0n) is 10.0. The quantitative estimate of drug-likeness (QED) is 0.655. The molecular weight excluding hydrogens is 186 g/mol. The van der Waals surface area contributed by atoms with Crippen LogP contribution in [0.25, 0.3) is 0 Å². The molecular formula is C12H25N3. The van der Waals surface area contributed by atoms with Crippen molar-refractivity contribution in [2.24, 2.45) is 0 Å². The number of likely N-dealkylation sites (N-methyl/N-ethyl adjacent to an activating group) is 1. The van der Waals surface area contributed by atoms with Crippen molar-refractivity contribution in [1.29, 1.82) is 0 Å². The number of rotatable bonds is 6. The van der Waals surface area contributed by atoms with Crippen molar-refractivity contribution in [2.45, 2.75) is 32.2 Å². The molecule has 2 rings (SSSR count). The van der Waals surface area contributed by atoms with Crippen LogP contribution >= 0.6 is 0 Å². The number of hydrogen-bond acceptors (Lipinski definition) is 3. The van der Waals surface area contributed by atoms with E-state index in [2.05, 4.69) is 22.0 Å². The lowest BCUT2D eigenvalue weighted by atomic mass is 10.3. The van der Waals surface area contributed by atoms with Gasteiger partial charge in [-0.2, -0.15) is 0 Å². The Balaban J connectivity index is 1.48. The molecule has 2 fully saturated rings. The third kappa shape index (κ3) is 4.09. The molecule has 1 N–H and O–H groups in total. The predicted octanol–water partition coefficient (Wildman–Crippen LogP) is 0.766. The van der Waals surface area contributed by atoms with E-state index in [9.17, 15) is 0 Å². The molecule has 15 heavy (non-hydrogen) atoms. The first-order chi connectivity index (χ1) is 7.38. The van der Waals surface area contributed by atoms with Crippen LogP contribution in [0, 0.1) is 0 Å². The van der Waals surface area contributed by atoms with Crippen molar-refractivity contribution in [3.63, 3.8) is 0 Å². The van der Waals surface area contributed by atoms with Crippen LogP contribution in [-0.2, 0) is 0 Å². The molecule has 0 amide bonds. The monoisotopic (exact) mass is 211 g/mol. The van der Waals surface area contributed by atoms with Crippen molar-refractivity contribution in [1.82, 2.24) is 15.1 Å². The van der Waals surface area contributed by atoms with E-state index >= 15 is 0 Å². The fraction of sp³-hybridized carbons (Fsp3) is 1.00. The summed E-state index contributed by atoms with van der Waals surface area (Å²) >= 11 is 0. The van der Waals surface area contributed by atoms with Crippen LogP contribution < -0.4 is 5.32 Å². The van der Waals surface area contributed by atoms with Crippen LogP contribution in [0.15, 0.2) is 0 Å². The average Bonchev–Trinajstić information content (AvgIpc) is 3.09. The third-order valence-corrected chi connectivity index (χ3v) is 3.57. The minimum Gasteiger partial charge on any atom is -0.314 e. The highest BCUT2D eigenvalue weighted by Crippen LogP contribution is 2.18. The normalized spacial score (nSPS) is 24.6. The van der Waals surface area contributed by atoms with Gasteiger partial charge < -0.3 is 15.1 Å². The summed E-state index contributed by atoms with van der Waals surface area (Å²) in [6, 6.07) is 0.877. The zero-order chi connectivity index (χ0) is 10.5. The van der Waals surface area contributed by atoms with Gasteiger partial charge in [-0.25, -0.2) is 0 Å². The molecule has 0 unspecified atom stereocenters. The molecule has 88 valence electrons. The maximum atomic E-state index is 3.58. The Bertz CT molecular complexity index is 172. The lowest BCUT2D eigenvalue weighted by molar-refractivity contribution is 0.136. The Morgan fingerprint density at radius 3 is 2.33 bits per heavy atom. The van der Waals surface area contributed by atoms with E-state index in [1.54, 1.807) is 0 Å². The van der Waals surface area contributed by atoms with Gasteiger partial charge in [-0.3, -0.25) is 0 Å². The molecule has 0 aromatic carbocycles. The first kappa shape index (κ1) is 11.4. The van der Waals surface area contributed by atoms with Gasteiger partial charge in [-0.15, -0.1) is 0 Å². The van der Waals surface area contributed by atoms with E-state index in [1.807, 2.05) is 0 Å². The maximum Gasteiger partial charge on any atom is 0.0110 e. The van der Waals surface area contributed by atoms with Crippen molar-refractivity contribution in [2.75, 3.05) is 45.8 Å². The van der Waals surface area contributed by atoms with Gasteiger partial charge in [-0.05, 0) is 38.9 Å². The third-order valence-electron chi connectivity index (χ3n) is 3.57. The molecule has 2 aliphatic rings. The van der Waals surface area contributed by atoms with Crippen molar-refractivity contribution >= 4 is 0 Å². The predicted molar refractivity (Wildman–Crippen MR) is 64.2 cm³/mol. The molecule has 3 nitrogen and oxygen atoms in total. The minimum absolute atomic E-state index is 0.877. The first-order valence-electron chi connectivity index (χ1n) is 6.56.